The van der Waals surface area contributed by atoms with Crippen LogP contribution >= 0.6 is 15.9 Å². The molecule has 4 aromatic rings. The summed E-state index contributed by atoms with van der Waals surface area (Å²) >= 11 is 3.59. The maximum absolute atomic E-state index is 16.2. The lowest BCUT2D eigenvalue weighted by Gasteiger charge is -2.31. The average molecular weight is 722 g/mol. The molecule has 0 unspecified atom stereocenters. The minimum absolute atomic E-state index is 0.0235. The highest BCUT2D eigenvalue weighted by atomic mass is 79.9. The number of aryl methyl sites for hydroxylation is 1. The van der Waals surface area contributed by atoms with Gasteiger partial charge < -0.3 is 29.9 Å². The van der Waals surface area contributed by atoms with Crippen molar-refractivity contribution in [2.45, 2.75) is 63.2 Å². The molecule has 1 aromatic heterocycles. The van der Waals surface area contributed by atoms with Gasteiger partial charge in [-0.3, -0.25) is 14.3 Å². The van der Waals surface area contributed by atoms with Crippen LogP contribution in [0.1, 0.15) is 40.5 Å². The van der Waals surface area contributed by atoms with E-state index in [-0.39, 0.29) is 25.0 Å². The number of nitrogens with zero attached hydrogens (tertiary/aromatic N) is 4. The summed E-state index contributed by atoms with van der Waals surface area (Å²) in [5.41, 5.74) is 8.50. The summed E-state index contributed by atoms with van der Waals surface area (Å²) in [5.74, 6) is -0.936. The van der Waals surface area contributed by atoms with Gasteiger partial charge in [0.15, 0.2) is 5.60 Å². The highest BCUT2D eigenvalue weighted by molar-refractivity contribution is 9.10. The number of aliphatic hydroxyl groups excluding tert-OH is 1. The van der Waals surface area contributed by atoms with Crippen LogP contribution in [0.4, 0.5) is 21.2 Å². The number of ether oxygens (including phenoxy) is 1. The van der Waals surface area contributed by atoms with Gasteiger partial charge in [0, 0.05) is 64.2 Å². The second-order valence-corrected chi connectivity index (χ2v) is 17.5. The van der Waals surface area contributed by atoms with Crippen LogP contribution < -0.4 is 16.0 Å². The number of amides is 2. The summed E-state index contributed by atoms with van der Waals surface area (Å²) in [7, 11) is -3.34. The van der Waals surface area contributed by atoms with E-state index in [9.17, 15) is 14.7 Å². The quantitative estimate of drug-likeness (QED) is 0.107. The Morgan fingerprint density at radius 1 is 1.17 bits per heavy atom. The summed E-state index contributed by atoms with van der Waals surface area (Å²) in [6.45, 7) is 5.95. The minimum Gasteiger partial charge on any atom is -0.399 e. The van der Waals surface area contributed by atoms with E-state index in [2.05, 4.69) is 31.6 Å². The van der Waals surface area contributed by atoms with Crippen molar-refractivity contribution in [3.05, 3.63) is 99.8 Å². The number of carbonyl (C=O) groups excluding carboxylic acids is 2. The Bertz CT molecular complexity index is 1800. The minimum atomic E-state index is -3.34. The van der Waals surface area contributed by atoms with Crippen molar-refractivity contribution in [3.8, 4) is 0 Å². The molecule has 3 aromatic carbocycles. The van der Waals surface area contributed by atoms with Crippen molar-refractivity contribution in [3.63, 3.8) is 0 Å². The Kier molecular flexibility index (Phi) is 9.09. The lowest BCUT2D eigenvalue weighted by atomic mass is 9.82. The highest BCUT2D eigenvalue weighted by Crippen LogP contribution is 2.60. The first-order chi connectivity index (χ1) is 22.4. The van der Waals surface area contributed by atoms with Crippen molar-refractivity contribution in [2.75, 3.05) is 22.6 Å². The summed E-state index contributed by atoms with van der Waals surface area (Å²) in [4.78, 5) is 29.3. The first-order valence-corrected chi connectivity index (χ1v) is 19.4. The number of nitrogens with one attached hydrogen (secondary N) is 1. The lowest BCUT2D eigenvalue weighted by molar-refractivity contribution is -0.146. The number of nitrogens with two attached hydrogens (primary N) is 1. The van der Waals surface area contributed by atoms with E-state index in [0.29, 0.717) is 53.3 Å². The van der Waals surface area contributed by atoms with Crippen LogP contribution in [0, 0.1) is 5.92 Å². The molecule has 47 heavy (non-hydrogen) atoms. The van der Waals surface area contributed by atoms with Crippen molar-refractivity contribution in [2.24, 2.45) is 5.92 Å². The maximum Gasteiger partial charge on any atom is 0.264 e. The van der Waals surface area contributed by atoms with Gasteiger partial charge in [0.25, 0.3) is 11.8 Å². The summed E-state index contributed by atoms with van der Waals surface area (Å²) in [5, 5.41) is 20.4. The molecule has 0 aliphatic carbocycles. The van der Waals surface area contributed by atoms with E-state index in [1.165, 1.54) is 0 Å². The van der Waals surface area contributed by atoms with Crippen molar-refractivity contribution in [1.82, 2.24) is 15.0 Å². The Labute approximate surface area is 282 Å². The normalized spacial score (nSPS) is 22.2. The van der Waals surface area contributed by atoms with Crippen LogP contribution in [-0.4, -0.2) is 53.0 Å². The average Bonchev–Trinajstić information content (AvgIpc) is 3.66. The number of aliphatic hydroxyl groups is 1. The zero-order valence-corrected chi connectivity index (χ0v) is 29.1. The highest BCUT2D eigenvalue weighted by Gasteiger charge is 2.66. The largest absolute Gasteiger partial charge is 0.399 e. The predicted octanol–water partition coefficient (Wildman–Crippen LogP) is 5.82. The van der Waals surface area contributed by atoms with Gasteiger partial charge in [-0.15, -0.1) is 5.10 Å². The Morgan fingerprint density at radius 3 is 2.66 bits per heavy atom. The summed E-state index contributed by atoms with van der Waals surface area (Å²) in [6, 6.07) is 19.8. The van der Waals surface area contributed by atoms with Gasteiger partial charge in [0.05, 0.1) is 24.0 Å². The Morgan fingerprint density at radius 2 is 1.94 bits per heavy atom. The van der Waals surface area contributed by atoms with Crippen molar-refractivity contribution >= 4 is 53.2 Å². The van der Waals surface area contributed by atoms with Gasteiger partial charge in [-0.05, 0) is 79.7 Å². The molecule has 2 aliphatic rings. The van der Waals surface area contributed by atoms with Gasteiger partial charge in [0.2, 0.25) is 8.41 Å². The molecule has 2 aliphatic heterocycles. The van der Waals surface area contributed by atoms with Crippen LogP contribution in [0.15, 0.2) is 77.4 Å². The lowest BCUT2D eigenvalue weighted by Crippen LogP contribution is -2.45. The molecule has 0 saturated carbocycles. The number of anilines is 3. The molecule has 0 radical (unpaired) electrons. The van der Waals surface area contributed by atoms with Gasteiger partial charge in [0.1, 0.15) is 0 Å². The molecule has 1 saturated heterocycles. The third-order valence-electron chi connectivity index (χ3n) is 9.22. The van der Waals surface area contributed by atoms with Crippen LogP contribution in [0.3, 0.4) is 0 Å². The molecule has 13 heteroatoms. The fourth-order valence-electron chi connectivity index (χ4n) is 7.15. The van der Waals surface area contributed by atoms with E-state index in [1.807, 2.05) is 43.3 Å². The number of aromatic nitrogens is 3. The fraction of sp³-hybridized carbons (Fsp3) is 0.353. The van der Waals surface area contributed by atoms with E-state index in [4.69, 9.17) is 10.5 Å². The predicted molar refractivity (Wildman–Crippen MR) is 184 cm³/mol. The first-order valence-electron chi connectivity index (χ1n) is 15.6. The third kappa shape index (κ3) is 6.36. The fourth-order valence-corrected chi connectivity index (χ4v) is 10.1. The van der Waals surface area contributed by atoms with E-state index < -0.39 is 31.6 Å². The standard InChI is InChI=1S/C34H38BrFN6O4Si/c1-21-31(47(2,3)36)30(13-15-41-20-27(14-16-43)39-40-41)46-34(21)28-18-24(35)9-12-29(28)42(33(34)45)19-22-5-4-6-26(17-22)38-32(44)23-7-10-25(37)11-8-23/h4-12,17-18,20-21,30-31,43H,13-16,19,37H2,1-3H3,(H,38,44)/t21-,30+,31-,34+/m1/s1. The first kappa shape index (κ1) is 33.0. The SMILES string of the molecule is C[C@@H]1[C@@H]([Si](C)(C)F)[C@H](CCn2cc(CCO)nn2)O[C@@]12C(=O)N(Cc1cccc(NC(=O)c3ccc(N)cc3)c1)c1ccc(Br)cc12. The number of rotatable bonds is 10. The van der Waals surface area contributed by atoms with Crippen molar-refractivity contribution < 1.29 is 23.5 Å². The molecular weight excluding hydrogens is 683 g/mol. The molecule has 3 heterocycles. The second-order valence-electron chi connectivity index (χ2n) is 12.8. The van der Waals surface area contributed by atoms with Crippen LogP contribution in [-0.2, 0) is 34.6 Å². The van der Waals surface area contributed by atoms with Gasteiger partial charge in [-0.25, -0.2) is 0 Å². The summed E-state index contributed by atoms with van der Waals surface area (Å²) in [6.07, 6.45) is 2.11. The number of benzene rings is 3. The molecule has 4 N–H and O–H groups in total. The number of hydrogen-bond acceptors (Lipinski definition) is 7. The molecule has 2 amide bonds. The number of hydrogen-bond donors (Lipinski definition) is 3. The van der Waals surface area contributed by atoms with Gasteiger partial charge in [-0.2, -0.15) is 0 Å². The molecule has 1 fully saturated rings. The number of nitrogen functional groups attached to an aromatic ring is 1. The zero-order chi connectivity index (χ0) is 33.5. The molecule has 10 nitrogen and oxygen atoms in total. The van der Waals surface area contributed by atoms with E-state index >= 15 is 4.11 Å². The molecular formula is C34H38BrFN6O4Si. The van der Waals surface area contributed by atoms with Crippen LogP contribution in [0.2, 0.25) is 18.6 Å². The van der Waals surface area contributed by atoms with Gasteiger partial charge in [-0.1, -0.05) is 40.2 Å². The van der Waals surface area contributed by atoms with Crippen LogP contribution in [0.25, 0.3) is 0 Å². The number of halogens is 2. The van der Waals surface area contributed by atoms with Crippen molar-refractivity contribution in [1.29, 1.82) is 0 Å². The van der Waals surface area contributed by atoms with Crippen LogP contribution in [0.5, 0.6) is 0 Å². The molecule has 1 spiro atoms. The summed E-state index contributed by atoms with van der Waals surface area (Å²) < 4.78 is 25.5. The Balaban J connectivity index is 1.28. The monoisotopic (exact) mass is 720 g/mol. The smallest absolute Gasteiger partial charge is 0.264 e. The second kappa shape index (κ2) is 12.9. The van der Waals surface area contributed by atoms with E-state index in [1.54, 1.807) is 59.2 Å². The van der Waals surface area contributed by atoms with E-state index in [0.717, 1.165) is 10.0 Å². The van der Waals surface area contributed by atoms with Gasteiger partial charge >= 0.3 is 0 Å². The number of carbonyl (C=O) groups is 2. The zero-order valence-electron chi connectivity index (χ0n) is 26.5. The molecule has 246 valence electrons. The molecule has 4 atom stereocenters. The number of fused-ring (bicyclic) bond motifs is 2. The topological polar surface area (TPSA) is 136 Å². The maximum atomic E-state index is 16.2. The molecule has 0 bridgehead atoms. The molecule has 6 rings (SSSR count). The Hall–Kier alpha value is -3.91. The third-order valence-corrected chi connectivity index (χ3v) is 12.2.